The molecule has 4 heteroatoms. The molecule has 0 N–H and O–H groups in total. The smallest absolute Gasteiger partial charge is 0.130 e. The SMILES string of the molecule is COc1cc(OC)c2cc(OC)cc(OC)c2c1. The molecular formula is C14H16O4. The van der Waals surface area contributed by atoms with Crippen molar-refractivity contribution in [1.29, 1.82) is 0 Å². The molecule has 0 amide bonds. The lowest BCUT2D eigenvalue weighted by molar-refractivity contribution is 0.391. The van der Waals surface area contributed by atoms with Crippen LogP contribution in [-0.4, -0.2) is 28.4 Å². The van der Waals surface area contributed by atoms with Crippen LogP contribution in [0, 0.1) is 0 Å². The maximum absolute atomic E-state index is 5.38. The van der Waals surface area contributed by atoms with Gasteiger partial charge in [-0.05, 0) is 12.1 Å². The van der Waals surface area contributed by atoms with Gasteiger partial charge in [-0.3, -0.25) is 0 Å². The summed E-state index contributed by atoms with van der Waals surface area (Å²) < 4.78 is 21.3. The molecule has 0 saturated heterocycles. The fourth-order valence-corrected chi connectivity index (χ4v) is 1.92. The summed E-state index contributed by atoms with van der Waals surface area (Å²) in [4.78, 5) is 0. The van der Waals surface area contributed by atoms with E-state index in [1.165, 1.54) is 0 Å². The zero-order chi connectivity index (χ0) is 13.1. The average Bonchev–Trinajstić information content (AvgIpc) is 2.44. The molecule has 0 aliphatic carbocycles. The van der Waals surface area contributed by atoms with Crippen molar-refractivity contribution in [3.63, 3.8) is 0 Å². The second-order valence-electron chi connectivity index (χ2n) is 3.75. The largest absolute Gasteiger partial charge is 0.497 e. The molecule has 4 nitrogen and oxygen atoms in total. The predicted octanol–water partition coefficient (Wildman–Crippen LogP) is 2.87. The normalized spacial score (nSPS) is 10.2. The minimum atomic E-state index is 0.724. The van der Waals surface area contributed by atoms with Crippen LogP contribution in [0.25, 0.3) is 10.8 Å². The number of hydrogen-bond donors (Lipinski definition) is 0. The summed E-state index contributed by atoms with van der Waals surface area (Å²) in [5, 5.41) is 1.85. The Labute approximate surface area is 106 Å². The third-order valence-electron chi connectivity index (χ3n) is 2.85. The number of methoxy groups -OCH3 is 4. The zero-order valence-electron chi connectivity index (χ0n) is 10.9. The van der Waals surface area contributed by atoms with Crippen LogP contribution in [0.2, 0.25) is 0 Å². The van der Waals surface area contributed by atoms with Gasteiger partial charge in [-0.2, -0.15) is 0 Å². The topological polar surface area (TPSA) is 36.9 Å². The second-order valence-corrected chi connectivity index (χ2v) is 3.75. The van der Waals surface area contributed by atoms with Crippen LogP contribution in [0.4, 0.5) is 0 Å². The number of fused-ring (bicyclic) bond motifs is 1. The van der Waals surface area contributed by atoms with Gasteiger partial charge in [0.15, 0.2) is 0 Å². The van der Waals surface area contributed by atoms with Gasteiger partial charge >= 0.3 is 0 Å². The molecule has 2 aromatic carbocycles. The fraction of sp³-hybridized carbons (Fsp3) is 0.286. The van der Waals surface area contributed by atoms with Crippen LogP contribution in [0.3, 0.4) is 0 Å². The molecule has 0 atom stereocenters. The molecule has 0 aromatic heterocycles. The van der Waals surface area contributed by atoms with E-state index in [1.807, 2.05) is 24.3 Å². The Morgan fingerprint density at radius 1 is 0.556 bits per heavy atom. The molecule has 18 heavy (non-hydrogen) atoms. The van der Waals surface area contributed by atoms with E-state index < -0.39 is 0 Å². The van der Waals surface area contributed by atoms with Crippen LogP contribution in [0.1, 0.15) is 0 Å². The zero-order valence-corrected chi connectivity index (χ0v) is 10.9. The van der Waals surface area contributed by atoms with E-state index in [4.69, 9.17) is 18.9 Å². The van der Waals surface area contributed by atoms with Gasteiger partial charge in [-0.25, -0.2) is 0 Å². The number of ether oxygens (including phenoxy) is 4. The average molecular weight is 248 g/mol. The first-order valence-corrected chi connectivity index (χ1v) is 5.51. The maximum atomic E-state index is 5.38. The molecule has 2 aromatic rings. The Morgan fingerprint density at radius 2 is 0.944 bits per heavy atom. The molecule has 0 radical (unpaired) electrons. The number of benzene rings is 2. The van der Waals surface area contributed by atoms with Crippen LogP contribution in [0.15, 0.2) is 24.3 Å². The Morgan fingerprint density at radius 3 is 1.22 bits per heavy atom. The molecule has 96 valence electrons. The minimum Gasteiger partial charge on any atom is -0.497 e. The Hall–Kier alpha value is -2.10. The standard InChI is InChI=1S/C14H16O4/c1-15-9-5-11-12(13(7-9)17-3)6-10(16-2)8-14(11)18-4/h5-8H,1-4H3. The van der Waals surface area contributed by atoms with Gasteiger partial charge in [-0.15, -0.1) is 0 Å². The Bertz CT molecular complexity index is 512. The summed E-state index contributed by atoms with van der Waals surface area (Å²) >= 11 is 0. The Balaban J connectivity index is 2.80. The molecule has 0 aliphatic heterocycles. The summed E-state index contributed by atoms with van der Waals surface area (Å²) in [6.07, 6.45) is 0. The molecule has 0 unspecified atom stereocenters. The van der Waals surface area contributed by atoms with E-state index in [1.54, 1.807) is 28.4 Å². The highest BCUT2D eigenvalue weighted by Gasteiger charge is 2.11. The first-order valence-electron chi connectivity index (χ1n) is 5.51. The lowest BCUT2D eigenvalue weighted by Crippen LogP contribution is -1.93. The summed E-state index contributed by atoms with van der Waals surface area (Å²) in [5.74, 6) is 2.90. The first-order chi connectivity index (χ1) is 8.73. The van der Waals surface area contributed by atoms with Crippen molar-refractivity contribution in [1.82, 2.24) is 0 Å². The highest BCUT2D eigenvalue weighted by molar-refractivity contribution is 5.95. The maximum Gasteiger partial charge on any atom is 0.130 e. The van der Waals surface area contributed by atoms with Crippen molar-refractivity contribution in [2.24, 2.45) is 0 Å². The Kier molecular flexibility index (Phi) is 3.46. The van der Waals surface area contributed by atoms with Crippen molar-refractivity contribution in [3.8, 4) is 23.0 Å². The van der Waals surface area contributed by atoms with Gasteiger partial charge in [-0.1, -0.05) is 0 Å². The van der Waals surface area contributed by atoms with Crippen LogP contribution >= 0.6 is 0 Å². The van der Waals surface area contributed by atoms with Gasteiger partial charge in [0.2, 0.25) is 0 Å². The van der Waals surface area contributed by atoms with Crippen molar-refractivity contribution < 1.29 is 18.9 Å². The van der Waals surface area contributed by atoms with Gasteiger partial charge in [0, 0.05) is 22.9 Å². The summed E-state index contributed by atoms with van der Waals surface area (Å²) in [6, 6.07) is 7.49. The highest BCUT2D eigenvalue weighted by Crippen LogP contribution is 2.39. The van der Waals surface area contributed by atoms with Gasteiger partial charge in [0.25, 0.3) is 0 Å². The third-order valence-corrected chi connectivity index (χ3v) is 2.85. The van der Waals surface area contributed by atoms with E-state index in [2.05, 4.69) is 0 Å². The van der Waals surface area contributed by atoms with E-state index in [0.29, 0.717) is 0 Å². The number of rotatable bonds is 4. The second kappa shape index (κ2) is 5.04. The van der Waals surface area contributed by atoms with E-state index in [0.717, 1.165) is 33.8 Å². The minimum absolute atomic E-state index is 0.724. The summed E-state index contributed by atoms with van der Waals surface area (Å²) in [7, 11) is 6.49. The molecule has 0 heterocycles. The van der Waals surface area contributed by atoms with E-state index >= 15 is 0 Å². The molecule has 0 aliphatic rings. The summed E-state index contributed by atoms with van der Waals surface area (Å²) in [5.41, 5.74) is 0. The molecule has 2 rings (SSSR count). The van der Waals surface area contributed by atoms with Gasteiger partial charge in [0.1, 0.15) is 23.0 Å². The predicted molar refractivity (Wildman–Crippen MR) is 70.2 cm³/mol. The van der Waals surface area contributed by atoms with Crippen molar-refractivity contribution in [3.05, 3.63) is 24.3 Å². The van der Waals surface area contributed by atoms with Crippen LogP contribution < -0.4 is 18.9 Å². The van der Waals surface area contributed by atoms with E-state index in [-0.39, 0.29) is 0 Å². The summed E-state index contributed by atoms with van der Waals surface area (Å²) in [6.45, 7) is 0. The fourth-order valence-electron chi connectivity index (χ4n) is 1.92. The van der Waals surface area contributed by atoms with E-state index in [9.17, 15) is 0 Å². The lowest BCUT2D eigenvalue weighted by atomic mass is 10.1. The molecule has 0 fully saturated rings. The van der Waals surface area contributed by atoms with Gasteiger partial charge < -0.3 is 18.9 Å². The third kappa shape index (κ3) is 2.01. The van der Waals surface area contributed by atoms with Crippen molar-refractivity contribution >= 4 is 10.8 Å². The number of hydrogen-bond acceptors (Lipinski definition) is 4. The molecule has 0 saturated carbocycles. The molecule has 0 spiro atoms. The van der Waals surface area contributed by atoms with Crippen molar-refractivity contribution in [2.45, 2.75) is 0 Å². The van der Waals surface area contributed by atoms with Crippen LogP contribution in [-0.2, 0) is 0 Å². The quantitative estimate of drug-likeness (QED) is 0.833. The molecular weight excluding hydrogens is 232 g/mol. The van der Waals surface area contributed by atoms with Crippen molar-refractivity contribution in [2.75, 3.05) is 28.4 Å². The van der Waals surface area contributed by atoms with Gasteiger partial charge in [0.05, 0.1) is 28.4 Å². The molecule has 0 bridgehead atoms. The first kappa shape index (κ1) is 12.4. The monoisotopic (exact) mass is 248 g/mol. The van der Waals surface area contributed by atoms with Crippen LogP contribution in [0.5, 0.6) is 23.0 Å². The lowest BCUT2D eigenvalue weighted by Gasteiger charge is -2.13. The highest BCUT2D eigenvalue weighted by atomic mass is 16.5.